The summed E-state index contributed by atoms with van der Waals surface area (Å²) >= 11 is 9.39. The second-order valence-electron chi connectivity index (χ2n) is 4.18. The molecule has 0 unspecified atom stereocenters. The van der Waals surface area contributed by atoms with Gasteiger partial charge in [-0.3, -0.25) is 4.79 Å². The number of rotatable bonds is 6. The lowest BCUT2D eigenvalue weighted by atomic mass is 10.2. The minimum atomic E-state index is -0.0327. The Labute approximate surface area is 121 Å². The van der Waals surface area contributed by atoms with Crippen LogP contribution in [0.5, 0.6) is 0 Å². The lowest BCUT2D eigenvalue weighted by Gasteiger charge is -2.09. The van der Waals surface area contributed by atoms with Crippen molar-refractivity contribution in [3.8, 4) is 0 Å². The summed E-state index contributed by atoms with van der Waals surface area (Å²) in [4.78, 5) is 11.5. The fourth-order valence-corrected chi connectivity index (χ4v) is 2.07. The fourth-order valence-electron chi connectivity index (χ4n) is 1.33. The molecule has 0 fully saturated rings. The molecule has 0 radical (unpaired) electrons. The molecule has 1 aromatic rings. The maximum atomic E-state index is 11.5. The zero-order valence-electron chi connectivity index (χ0n) is 10.5. The molecule has 5 heteroatoms. The summed E-state index contributed by atoms with van der Waals surface area (Å²) < 4.78 is 6.23. The predicted molar refractivity (Wildman–Crippen MR) is 76.7 cm³/mol. The predicted octanol–water partition coefficient (Wildman–Crippen LogP) is 3.53. The summed E-state index contributed by atoms with van der Waals surface area (Å²) in [5.41, 5.74) is 0.901. The Hall–Kier alpha value is -0.580. The fraction of sp³-hybridized carbons (Fsp3) is 0.462. The number of ether oxygens (including phenoxy) is 1. The monoisotopic (exact) mass is 333 g/mol. The summed E-state index contributed by atoms with van der Waals surface area (Å²) in [6, 6.07) is 5.59. The van der Waals surface area contributed by atoms with Gasteiger partial charge in [0, 0.05) is 22.5 Å². The molecule has 1 amide bonds. The Morgan fingerprint density at radius 1 is 1.50 bits per heavy atom. The van der Waals surface area contributed by atoms with E-state index in [2.05, 4.69) is 21.2 Å². The molecular weight excluding hydrogens is 318 g/mol. The molecule has 1 N–H and O–H groups in total. The second kappa shape index (κ2) is 7.77. The minimum Gasteiger partial charge on any atom is -0.378 e. The molecular formula is C13H17BrClNO2. The molecule has 0 aliphatic heterocycles. The molecule has 18 heavy (non-hydrogen) atoms. The van der Waals surface area contributed by atoms with Gasteiger partial charge in [0.05, 0.1) is 12.7 Å². The molecule has 0 aromatic heterocycles. The van der Waals surface area contributed by atoms with E-state index in [0.717, 1.165) is 10.0 Å². The van der Waals surface area contributed by atoms with Crippen molar-refractivity contribution in [2.45, 2.75) is 32.9 Å². The standard InChI is InChI=1S/C13H17BrClNO2/c1-9(2)18-6-5-13(17)16-8-10-3-4-11(14)7-12(10)15/h3-4,7,9H,5-6,8H2,1-2H3,(H,16,17). The quantitative estimate of drug-likeness (QED) is 0.864. The molecule has 1 aromatic carbocycles. The first-order valence-electron chi connectivity index (χ1n) is 5.81. The summed E-state index contributed by atoms with van der Waals surface area (Å²) in [5, 5.41) is 3.46. The topological polar surface area (TPSA) is 38.3 Å². The number of carbonyl (C=O) groups is 1. The van der Waals surface area contributed by atoms with Crippen molar-refractivity contribution in [2.75, 3.05) is 6.61 Å². The molecule has 0 heterocycles. The Morgan fingerprint density at radius 3 is 2.83 bits per heavy atom. The Balaban J connectivity index is 2.33. The van der Waals surface area contributed by atoms with Gasteiger partial charge in [-0.15, -0.1) is 0 Å². The van der Waals surface area contributed by atoms with Crippen molar-refractivity contribution in [3.05, 3.63) is 33.3 Å². The number of amides is 1. The summed E-state index contributed by atoms with van der Waals surface area (Å²) in [5.74, 6) is -0.0327. The van der Waals surface area contributed by atoms with Gasteiger partial charge in [0.2, 0.25) is 5.91 Å². The van der Waals surface area contributed by atoms with Crippen molar-refractivity contribution in [1.82, 2.24) is 5.32 Å². The zero-order valence-corrected chi connectivity index (χ0v) is 12.8. The lowest BCUT2D eigenvalue weighted by molar-refractivity contribution is -0.122. The molecule has 1 rings (SSSR count). The molecule has 0 atom stereocenters. The van der Waals surface area contributed by atoms with Gasteiger partial charge in [-0.1, -0.05) is 33.6 Å². The van der Waals surface area contributed by atoms with Crippen molar-refractivity contribution >= 4 is 33.4 Å². The third kappa shape index (κ3) is 5.85. The van der Waals surface area contributed by atoms with E-state index in [1.54, 1.807) is 0 Å². The smallest absolute Gasteiger partial charge is 0.222 e. The van der Waals surface area contributed by atoms with Crippen LogP contribution < -0.4 is 5.32 Å². The minimum absolute atomic E-state index is 0.0327. The third-order valence-electron chi connectivity index (χ3n) is 2.27. The van der Waals surface area contributed by atoms with Gasteiger partial charge in [0.25, 0.3) is 0 Å². The van der Waals surface area contributed by atoms with Gasteiger partial charge in [-0.25, -0.2) is 0 Å². The largest absolute Gasteiger partial charge is 0.378 e. The average Bonchev–Trinajstić information content (AvgIpc) is 2.27. The highest BCUT2D eigenvalue weighted by atomic mass is 79.9. The number of carbonyl (C=O) groups excluding carboxylic acids is 1. The summed E-state index contributed by atoms with van der Waals surface area (Å²) in [6.07, 6.45) is 0.519. The zero-order chi connectivity index (χ0) is 13.5. The number of benzene rings is 1. The molecule has 0 saturated heterocycles. The van der Waals surface area contributed by atoms with Crippen molar-refractivity contribution in [1.29, 1.82) is 0 Å². The first kappa shape index (κ1) is 15.5. The van der Waals surface area contributed by atoms with Crippen LogP contribution in [0.15, 0.2) is 22.7 Å². The molecule has 0 aliphatic carbocycles. The highest BCUT2D eigenvalue weighted by molar-refractivity contribution is 9.10. The van der Waals surface area contributed by atoms with Crippen LogP contribution >= 0.6 is 27.5 Å². The molecule has 0 spiro atoms. The lowest BCUT2D eigenvalue weighted by Crippen LogP contribution is -2.24. The van der Waals surface area contributed by atoms with Gasteiger partial charge in [-0.05, 0) is 31.5 Å². The molecule has 0 bridgehead atoms. The van der Waals surface area contributed by atoms with E-state index in [9.17, 15) is 4.79 Å². The molecule has 3 nitrogen and oxygen atoms in total. The Morgan fingerprint density at radius 2 is 2.22 bits per heavy atom. The first-order valence-corrected chi connectivity index (χ1v) is 6.98. The highest BCUT2D eigenvalue weighted by Crippen LogP contribution is 2.21. The number of hydrogen-bond donors (Lipinski definition) is 1. The molecule has 0 aliphatic rings. The Bertz CT molecular complexity index is 410. The van der Waals surface area contributed by atoms with Crippen LogP contribution in [0, 0.1) is 0 Å². The van der Waals surface area contributed by atoms with Gasteiger partial charge >= 0.3 is 0 Å². The summed E-state index contributed by atoms with van der Waals surface area (Å²) in [6.45, 7) is 4.77. The average molecular weight is 335 g/mol. The van der Waals surface area contributed by atoms with Crippen LogP contribution in [0.1, 0.15) is 25.8 Å². The first-order chi connectivity index (χ1) is 8.49. The van der Waals surface area contributed by atoms with E-state index in [0.29, 0.717) is 24.6 Å². The van der Waals surface area contributed by atoms with Gasteiger partial charge in [0.1, 0.15) is 0 Å². The van der Waals surface area contributed by atoms with Crippen LogP contribution in [0.2, 0.25) is 5.02 Å². The normalized spacial score (nSPS) is 10.7. The van der Waals surface area contributed by atoms with Crippen LogP contribution in [0.3, 0.4) is 0 Å². The van der Waals surface area contributed by atoms with E-state index in [4.69, 9.17) is 16.3 Å². The maximum absolute atomic E-state index is 11.5. The van der Waals surface area contributed by atoms with Gasteiger partial charge in [0.15, 0.2) is 0 Å². The van der Waals surface area contributed by atoms with Crippen molar-refractivity contribution < 1.29 is 9.53 Å². The van der Waals surface area contributed by atoms with E-state index in [-0.39, 0.29) is 12.0 Å². The number of nitrogens with one attached hydrogen (secondary N) is 1. The van der Waals surface area contributed by atoms with Crippen LogP contribution in [0.4, 0.5) is 0 Å². The van der Waals surface area contributed by atoms with Crippen LogP contribution in [-0.4, -0.2) is 18.6 Å². The van der Waals surface area contributed by atoms with E-state index in [1.165, 1.54) is 0 Å². The van der Waals surface area contributed by atoms with Crippen molar-refractivity contribution in [2.24, 2.45) is 0 Å². The maximum Gasteiger partial charge on any atom is 0.222 e. The number of hydrogen-bond acceptors (Lipinski definition) is 2. The van der Waals surface area contributed by atoms with Gasteiger partial charge in [-0.2, -0.15) is 0 Å². The van der Waals surface area contributed by atoms with Gasteiger partial charge < -0.3 is 10.1 Å². The molecule has 0 saturated carbocycles. The van der Waals surface area contributed by atoms with E-state index in [1.807, 2.05) is 32.0 Å². The van der Waals surface area contributed by atoms with E-state index >= 15 is 0 Å². The van der Waals surface area contributed by atoms with Crippen molar-refractivity contribution in [3.63, 3.8) is 0 Å². The molecule has 100 valence electrons. The summed E-state index contributed by atoms with van der Waals surface area (Å²) in [7, 11) is 0. The van der Waals surface area contributed by atoms with Crippen LogP contribution in [-0.2, 0) is 16.1 Å². The highest BCUT2D eigenvalue weighted by Gasteiger charge is 2.05. The third-order valence-corrected chi connectivity index (χ3v) is 3.12. The second-order valence-corrected chi connectivity index (χ2v) is 5.50. The van der Waals surface area contributed by atoms with Crippen LogP contribution in [0.25, 0.3) is 0 Å². The SMILES string of the molecule is CC(C)OCCC(=O)NCc1ccc(Br)cc1Cl. The Kier molecular flexibility index (Phi) is 6.68. The number of halogens is 2. The van der Waals surface area contributed by atoms with E-state index < -0.39 is 0 Å².